The number of rotatable bonds is 3. The number of carbonyl (C=O) groups is 3. The number of allylic oxidation sites excluding steroid dienone is 1. The van der Waals surface area contributed by atoms with Crippen molar-refractivity contribution in [2.75, 3.05) is 0 Å². The predicted molar refractivity (Wildman–Crippen MR) is 56.3 cm³/mol. The first-order valence-corrected chi connectivity index (χ1v) is 5.20. The first kappa shape index (κ1) is 11.8. The van der Waals surface area contributed by atoms with E-state index in [2.05, 4.69) is 6.58 Å². The van der Waals surface area contributed by atoms with Crippen molar-refractivity contribution in [1.82, 2.24) is 0 Å². The second kappa shape index (κ2) is 4.51. The summed E-state index contributed by atoms with van der Waals surface area (Å²) in [5.41, 5.74) is 0.673. The van der Waals surface area contributed by atoms with E-state index in [0.29, 0.717) is 12.0 Å². The fraction of sp³-hybridized carbons (Fsp3) is 0.583. The zero-order valence-corrected chi connectivity index (χ0v) is 9.21. The largest absolute Gasteiger partial charge is 0.300 e. The van der Waals surface area contributed by atoms with E-state index in [1.54, 1.807) is 0 Å². The average molecular weight is 208 g/mol. The molecule has 1 rings (SSSR count). The summed E-state index contributed by atoms with van der Waals surface area (Å²) in [4.78, 5) is 34.5. The molecule has 0 aliphatic heterocycles. The third-order valence-corrected chi connectivity index (χ3v) is 2.98. The summed E-state index contributed by atoms with van der Waals surface area (Å²) in [6, 6.07) is 0. The lowest BCUT2D eigenvalue weighted by Crippen LogP contribution is -2.36. The fourth-order valence-corrected chi connectivity index (χ4v) is 1.92. The SMILES string of the molecule is C=C(CC)C1C(=O)CC(C(C)=O)CC1=O. The second-order valence-electron chi connectivity index (χ2n) is 4.09. The van der Waals surface area contributed by atoms with Gasteiger partial charge in [0, 0.05) is 18.8 Å². The summed E-state index contributed by atoms with van der Waals surface area (Å²) < 4.78 is 0. The molecule has 3 nitrogen and oxygen atoms in total. The Morgan fingerprint density at radius 3 is 2.13 bits per heavy atom. The van der Waals surface area contributed by atoms with Crippen molar-refractivity contribution in [1.29, 1.82) is 0 Å². The zero-order chi connectivity index (χ0) is 11.6. The normalized spacial score (nSPS) is 26.5. The quantitative estimate of drug-likeness (QED) is 0.524. The van der Waals surface area contributed by atoms with Crippen LogP contribution < -0.4 is 0 Å². The van der Waals surface area contributed by atoms with Crippen molar-refractivity contribution >= 4 is 17.3 Å². The van der Waals surface area contributed by atoms with Crippen LogP contribution in [-0.4, -0.2) is 17.3 Å². The Kier molecular flexibility index (Phi) is 3.56. The fourth-order valence-electron chi connectivity index (χ4n) is 1.92. The highest BCUT2D eigenvalue weighted by Gasteiger charge is 2.37. The molecule has 3 heteroatoms. The van der Waals surface area contributed by atoms with Gasteiger partial charge in [-0.15, -0.1) is 0 Å². The number of carbonyl (C=O) groups excluding carboxylic acids is 3. The van der Waals surface area contributed by atoms with E-state index in [1.165, 1.54) is 6.92 Å². The van der Waals surface area contributed by atoms with Crippen LogP contribution in [-0.2, 0) is 14.4 Å². The van der Waals surface area contributed by atoms with Crippen LogP contribution in [0, 0.1) is 11.8 Å². The summed E-state index contributed by atoms with van der Waals surface area (Å²) in [5.74, 6) is -1.40. The summed E-state index contributed by atoms with van der Waals surface area (Å²) in [5, 5.41) is 0. The Morgan fingerprint density at radius 2 is 1.80 bits per heavy atom. The Balaban J connectivity index is 2.82. The maximum Gasteiger partial charge on any atom is 0.148 e. The van der Waals surface area contributed by atoms with E-state index in [4.69, 9.17) is 0 Å². The number of ketones is 3. The van der Waals surface area contributed by atoms with Gasteiger partial charge in [-0.1, -0.05) is 19.1 Å². The summed E-state index contributed by atoms with van der Waals surface area (Å²) >= 11 is 0. The van der Waals surface area contributed by atoms with Crippen molar-refractivity contribution in [3.8, 4) is 0 Å². The van der Waals surface area contributed by atoms with Gasteiger partial charge in [0.05, 0.1) is 5.92 Å². The van der Waals surface area contributed by atoms with E-state index in [-0.39, 0.29) is 30.2 Å². The van der Waals surface area contributed by atoms with Crippen molar-refractivity contribution < 1.29 is 14.4 Å². The van der Waals surface area contributed by atoms with Crippen LogP contribution in [0.25, 0.3) is 0 Å². The van der Waals surface area contributed by atoms with Crippen molar-refractivity contribution in [2.45, 2.75) is 33.1 Å². The van der Waals surface area contributed by atoms with Gasteiger partial charge in [0.2, 0.25) is 0 Å². The van der Waals surface area contributed by atoms with Crippen molar-refractivity contribution in [2.24, 2.45) is 11.8 Å². The number of hydrogen-bond donors (Lipinski definition) is 0. The van der Waals surface area contributed by atoms with Crippen molar-refractivity contribution in [3.05, 3.63) is 12.2 Å². The molecule has 1 aliphatic carbocycles. The van der Waals surface area contributed by atoms with Crippen LogP contribution in [0.2, 0.25) is 0 Å². The number of Topliss-reactive ketones (excluding diaryl/α,β-unsaturated/α-hetero) is 3. The first-order chi connectivity index (χ1) is 6.97. The highest BCUT2D eigenvalue weighted by Crippen LogP contribution is 2.28. The third kappa shape index (κ3) is 2.41. The average Bonchev–Trinajstić information content (AvgIpc) is 2.16. The Morgan fingerprint density at radius 1 is 1.33 bits per heavy atom. The molecule has 0 atom stereocenters. The highest BCUT2D eigenvalue weighted by atomic mass is 16.2. The van der Waals surface area contributed by atoms with Crippen LogP contribution in [0.5, 0.6) is 0 Å². The highest BCUT2D eigenvalue weighted by molar-refractivity contribution is 6.09. The van der Waals surface area contributed by atoms with Crippen molar-refractivity contribution in [3.63, 3.8) is 0 Å². The monoisotopic (exact) mass is 208 g/mol. The molecule has 1 fully saturated rings. The molecule has 0 unspecified atom stereocenters. The summed E-state index contributed by atoms with van der Waals surface area (Å²) in [6.07, 6.45) is 1.03. The lowest BCUT2D eigenvalue weighted by atomic mass is 9.75. The van der Waals surface area contributed by atoms with E-state index in [9.17, 15) is 14.4 Å². The van der Waals surface area contributed by atoms with Gasteiger partial charge < -0.3 is 0 Å². The molecule has 0 aromatic carbocycles. The van der Waals surface area contributed by atoms with Crippen LogP contribution >= 0.6 is 0 Å². The molecule has 0 N–H and O–H groups in total. The van der Waals surface area contributed by atoms with E-state index >= 15 is 0 Å². The van der Waals surface area contributed by atoms with Crippen LogP contribution in [0.4, 0.5) is 0 Å². The standard InChI is InChI=1S/C12H16O3/c1-4-7(2)12-10(14)5-9(8(3)13)6-11(12)15/h9,12H,2,4-6H2,1,3H3. The minimum absolute atomic E-state index is 0.0720. The predicted octanol–water partition coefficient (Wildman–Crippen LogP) is 1.71. The van der Waals surface area contributed by atoms with Gasteiger partial charge in [-0.25, -0.2) is 0 Å². The van der Waals surface area contributed by atoms with Gasteiger partial charge in [0.15, 0.2) is 0 Å². The van der Waals surface area contributed by atoms with Crippen LogP contribution in [0.15, 0.2) is 12.2 Å². The topological polar surface area (TPSA) is 51.2 Å². The molecule has 0 aromatic rings. The molecule has 0 radical (unpaired) electrons. The van der Waals surface area contributed by atoms with Gasteiger partial charge in [-0.05, 0) is 13.3 Å². The molecule has 1 saturated carbocycles. The smallest absolute Gasteiger partial charge is 0.148 e. The Hall–Kier alpha value is -1.25. The first-order valence-electron chi connectivity index (χ1n) is 5.20. The third-order valence-electron chi connectivity index (χ3n) is 2.98. The molecule has 0 bridgehead atoms. The van der Waals surface area contributed by atoms with Gasteiger partial charge in [0.1, 0.15) is 17.3 Å². The lowest BCUT2D eigenvalue weighted by Gasteiger charge is -2.25. The molecule has 0 saturated heterocycles. The van der Waals surface area contributed by atoms with Crippen LogP contribution in [0.1, 0.15) is 33.1 Å². The minimum atomic E-state index is -0.648. The number of hydrogen-bond acceptors (Lipinski definition) is 3. The van der Waals surface area contributed by atoms with Crippen LogP contribution in [0.3, 0.4) is 0 Å². The molecule has 15 heavy (non-hydrogen) atoms. The molecular formula is C12H16O3. The lowest BCUT2D eigenvalue weighted by molar-refractivity contribution is -0.139. The molecule has 82 valence electrons. The molecular weight excluding hydrogens is 192 g/mol. The van der Waals surface area contributed by atoms with Gasteiger partial charge in [-0.2, -0.15) is 0 Å². The van der Waals surface area contributed by atoms with Gasteiger partial charge >= 0.3 is 0 Å². The summed E-state index contributed by atoms with van der Waals surface area (Å²) in [7, 11) is 0. The maximum atomic E-state index is 11.7. The molecule has 0 heterocycles. The molecule has 1 aliphatic rings. The molecule has 0 aromatic heterocycles. The molecule has 0 spiro atoms. The van der Waals surface area contributed by atoms with E-state index in [0.717, 1.165) is 0 Å². The minimum Gasteiger partial charge on any atom is -0.300 e. The Labute approximate surface area is 89.5 Å². The van der Waals surface area contributed by atoms with E-state index in [1.807, 2.05) is 6.92 Å². The van der Waals surface area contributed by atoms with Gasteiger partial charge in [0.25, 0.3) is 0 Å². The summed E-state index contributed by atoms with van der Waals surface area (Å²) in [6.45, 7) is 7.05. The Bertz CT molecular complexity index is 310. The second-order valence-corrected chi connectivity index (χ2v) is 4.09. The van der Waals surface area contributed by atoms with E-state index < -0.39 is 11.8 Å². The zero-order valence-electron chi connectivity index (χ0n) is 9.21. The van der Waals surface area contributed by atoms with Gasteiger partial charge in [-0.3, -0.25) is 14.4 Å². The maximum absolute atomic E-state index is 11.7. The molecule has 0 amide bonds.